The first-order chi connectivity index (χ1) is 11.8. The quantitative estimate of drug-likeness (QED) is 0.681. The number of nitrogens with zero attached hydrogens (tertiary/aromatic N) is 1. The van der Waals surface area contributed by atoms with E-state index in [0.717, 1.165) is 29.7 Å². The molecule has 1 aromatic carbocycles. The van der Waals surface area contributed by atoms with Gasteiger partial charge in [0.15, 0.2) is 0 Å². The van der Waals surface area contributed by atoms with E-state index in [0.29, 0.717) is 30.8 Å². The molecule has 148 valence electrons. The Labute approximate surface area is 163 Å². The van der Waals surface area contributed by atoms with Crippen molar-refractivity contribution in [3.8, 4) is 0 Å². The molecule has 1 aliphatic rings. The van der Waals surface area contributed by atoms with Crippen molar-refractivity contribution in [2.24, 2.45) is 0 Å². The normalized spacial score (nSPS) is 17.8. The van der Waals surface area contributed by atoms with Gasteiger partial charge in [-0.15, -0.1) is 12.4 Å². The van der Waals surface area contributed by atoms with E-state index >= 15 is 0 Å². The predicted octanol–water partition coefficient (Wildman–Crippen LogP) is 1.91. The van der Waals surface area contributed by atoms with Crippen LogP contribution in [-0.4, -0.2) is 51.4 Å². The highest BCUT2D eigenvalue weighted by Gasteiger charge is 2.40. The largest absolute Gasteiger partial charge is 0.355 e. The Morgan fingerprint density at radius 3 is 2.38 bits per heavy atom. The minimum Gasteiger partial charge on any atom is -0.355 e. The highest BCUT2D eigenvalue weighted by atomic mass is 35.5. The van der Waals surface area contributed by atoms with E-state index in [1.165, 1.54) is 4.31 Å². The SMILES string of the molecule is CNCCCNC(=O)C1CCCN1S(=O)(=O)c1c(C)cc(C)cc1C.Cl. The standard InChI is InChI=1S/C18H29N3O3S.ClH/c1-13-11-14(2)17(15(3)12-13)25(23,24)21-10-5-7-16(21)18(22)20-9-6-8-19-4;/h11-12,16,19H,5-10H2,1-4H3,(H,20,22);1H. The summed E-state index contributed by atoms with van der Waals surface area (Å²) in [4.78, 5) is 12.8. The maximum Gasteiger partial charge on any atom is 0.244 e. The van der Waals surface area contributed by atoms with E-state index in [1.54, 1.807) is 0 Å². The second-order valence-electron chi connectivity index (χ2n) is 6.75. The van der Waals surface area contributed by atoms with Crippen LogP contribution in [-0.2, 0) is 14.8 Å². The molecule has 1 atom stereocenters. The lowest BCUT2D eigenvalue weighted by Gasteiger charge is -2.25. The third kappa shape index (κ3) is 4.97. The molecule has 1 aromatic rings. The van der Waals surface area contributed by atoms with Gasteiger partial charge in [-0.05, 0) is 64.8 Å². The van der Waals surface area contributed by atoms with E-state index in [9.17, 15) is 13.2 Å². The van der Waals surface area contributed by atoms with Gasteiger partial charge >= 0.3 is 0 Å². The monoisotopic (exact) mass is 403 g/mol. The van der Waals surface area contributed by atoms with E-state index < -0.39 is 16.1 Å². The van der Waals surface area contributed by atoms with Crippen LogP contribution in [0, 0.1) is 20.8 Å². The molecule has 1 saturated heterocycles. The molecule has 0 aromatic heterocycles. The summed E-state index contributed by atoms with van der Waals surface area (Å²) in [6.45, 7) is 7.34. The summed E-state index contributed by atoms with van der Waals surface area (Å²) in [5, 5.41) is 5.89. The Morgan fingerprint density at radius 1 is 1.19 bits per heavy atom. The van der Waals surface area contributed by atoms with Crippen molar-refractivity contribution in [2.45, 2.75) is 51.0 Å². The van der Waals surface area contributed by atoms with Crippen molar-refractivity contribution < 1.29 is 13.2 Å². The van der Waals surface area contributed by atoms with Crippen molar-refractivity contribution in [3.05, 3.63) is 28.8 Å². The van der Waals surface area contributed by atoms with Gasteiger partial charge in [0.25, 0.3) is 0 Å². The molecule has 1 fully saturated rings. The average molecular weight is 404 g/mol. The van der Waals surface area contributed by atoms with Crippen LogP contribution in [0.5, 0.6) is 0 Å². The van der Waals surface area contributed by atoms with Crippen LogP contribution in [0.3, 0.4) is 0 Å². The smallest absolute Gasteiger partial charge is 0.244 e. The molecule has 0 saturated carbocycles. The zero-order chi connectivity index (χ0) is 18.6. The third-order valence-corrected chi connectivity index (χ3v) is 6.79. The summed E-state index contributed by atoms with van der Waals surface area (Å²) in [5.41, 5.74) is 2.50. The second-order valence-corrected chi connectivity index (χ2v) is 8.58. The average Bonchev–Trinajstić information content (AvgIpc) is 3.00. The van der Waals surface area contributed by atoms with Crippen LogP contribution < -0.4 is 10.6 Å². The molecule has 0 radical (unpaired) electrons. The van der Waals surface area contributed by atoms with Crippen molar-refractivity contribution in [2.75, 3.05) is 26.7 Å². The van der Waals surface area contributed by atoms with Gasteiger partial charge in [-0.3, -0.25) is 4.79 Å². The fourth-order valence-corrected chi connectivity index (χ4v) is 5.65. The number of carbonyl (C=O) groups is 1. The van der Waals surface area contributed by atoms with Crippen LogP contribution in [0.1, 0.15) is 36.0 Å². The van der Waals surface area contributed by atoms with Crippen LogP contribution in [0.15, 0.2) is 17.0 Å². The number of nitrogens with one attached hydrogen (secondary N) is 2. The molecule has 0 spiro atoms. The van der Waals surface area contributed by atoms with E-state index in [2.05, 4.69) is 10.6 Å². The van der Waals surface area contributed by atoms with E-state index in [-0.39, 0.29) is 18.3 Å². The first-order valence-corrected chi connectivity index (χ1v) is 10.2. The second kappa shape index (κ2) is 9.69. The van der Waals surface area contributed by atoms with Crippen molar-refractivity contribution in [1.29, 1.82) is 0 Å². The number of amides is 1. The molecular weight excluding hydrogens is 374 g/mol. The summed E-state index contributed by atoms with van der Waals surface area (Å²) in [5.74, 6) is -0.195. The number of carbonyl (C=O) groups excluding carboxylic acids is 1. The van der Waals surface area contributed by atoms with Gasteiger partial charge in [0.05, 0.1) is 4.90 Å². The summed E-state index contributed by atoms with van der Waals surface area (Å²) in [6, 6.07) is 3.14. The minimum atomic E-state index is -3.69. The Morgan fingerprint density at radius 2 is 1.81 bits per heavy atom. The molecule has 1 aliphatic heterocycles. The zero-order valence-corrected chi connectivity index (χ0v) is 17.6. The molecule has 6 nitrogen and oxygen atoms in total. The summed E-state index contributed by atoms with van der Waals surface area (Å²) in [6.07, 6.45) is 2.09. The van der Waals surface area contributed by atoms with Crippen LogP contribution in [0.2, 0.25) is 0 Å². The van der Waals surface area contributed by atoms with Gasteiger partial charge in [-0.2, -0.15) is 4.31 Å². The molecule has 1 heterocycles. The lowest BCUT2D eigenvalue weighted by atomic mass is 10.1. The third-order valence-electron chi connectivity index (χ3n) is 4.58. The highest BCUT2D eigenvalue weighted by molar-refractivity contribution is 7.89. The fourth-order valence-electron chi connectivity index (χ4n) is 3.58. The van der Waals surface area contributed by atoms with Gasteiger partial charge < -0.3 is 10.6 Å². The maximum atomic E-state index is 13.2. The zero-order valence-electron chi connectivity index (χ0n) is 16.0. The topological polar surface area (TPSA) is 78.5 Å². The molecule has 1 amide bonds. The van der Waals surface area contributed by atoms with Crippen molar-refractivity contribution >= 4 is 28.3 Å². The Kier molecular flexibility index (Phi) is 8.53. The molecular formula is C18H30ClN3O3S. The maximum absolute atomic E-state index is 13.2. The van der Waals surface area contributed by atoms with Crippen molar-refractivity contribution in [1.82, 2.24) is 14.9 Å². The van der Waals surface area contributed by atoms with Crippen LogP contribution in [0.25, 0.3) is 0 Å². The van der Waals surface area contributed by atoms with E-state index in [1.807, 2.05) is 40.0 Å². The molecule has 2 N–H and O–H groups in total. The summed E-state index contributed by atoms with van der Waals surface area (Å²) < 4.78 is 27.8. The molecule has 0 bridgehead atoms. The molecule has 1 unspecified atom stereocenters. The first kappa shape index (κ1) is 22.9. The lowest BCUT2D eigenvalue weighted by Crippen LogP contribution is -2.46. The van der Waals surface area contributed by atoms with Gasteiger partial charge in [0.1, 0.15) is 6.04 Å². The number of hydrogen-bond donors (Lipinski definition) is 2. The Balaban J connectivity index is 0.00000338. The molecule has 8 heteroatoms. The predicted molar refractivity (Wildman–Crippen MR) is 106 cm³/mol. The number of halogens is 1. The summed E-state index contributed by atoms with van der Waals surface area (Å²) >= 11 is 0. The van der Waals surface area contributed by atoms with Crippen LogP contribution in [0.4, 0.5) is 0 Å². The van der Waals surface area contributed by atoms with Crippen LogP contribution >= 0.6 is 12.4 Å². The van der Waals surface area contributed by atoms with Crippen molar-refractivity contribution in [3.63, 3.8) is 0 Å². The number of hydrogen-bond acceptors (Lipinski definition) is 4. The molecule has 2 rings (SSSR count). The number of rotatable bonds is 7. The number of sulfonamides is 1. The number of benzene rings is 1. The Bertz CT molecular complexity index is 714. The van der Waals surface area contributed by atoms with Gasteiger partial charge in [-0.25, -0.2) is 8.42 Å². The highest BCUT2D eigenvalue weighted by Crippen LogP contribution is 2.30. The molecule has 26 heavy (non-hydrogen) atoms. The summed E-state index contributed by atoms with van der Waals surface area (Å²) in [7, 11) is -1.83. The van der Waals surface area contributed by atoms with E-state index in [4.69, 9.17) is 0 Å². The Hall–Kier alpha value is -1.15. The van der Waals surface area contributed by atoms with Gasteiger partial charge in [0, 0.05) is 13.1 Å². The lowest BCUT2D eigenvalue weighted by molar-refractivity contribution is -0.124. The fraction of sp³-hybridized carbons (Fsp3) is 0.611. The minimum absolute atomic E-state index is 0. The van der Waals surface area contributed by atoms with Gasteiger partial charge in [0.2, 0.25) is 15.9 Å². The number of aryl methyl sites for hydroxylation is 3. The first-order valence-electron chi connectivity index (χ1n) is 8.81. The van der Waals surface area contributed by atoms with Gasteiger partial charge in [-0.1, -0.05) is 17.7 Å². The molecule has 0 aliphatic carbocycles.